The number of amides is 1. The van der Waals surface area contributed by atoms with Crippen molar-refractivity contribution in [2.75, 3.05) is 13.7 Å². The Morgan fingerprint density at radius 3 is 2.88 bits per heavy atom. The van der Waals surface area contributed by atoms with Gasteiger partial charge in [-0.1, -0.05) is 30.3 Å². The van der Waals surface area contributed by atoms with Crippen LogP contribution in [-0.4, -0.2) is 55.2 Å². The first kappa shape index (κ1) is 16.3. The Labute approximate surface area is 140 Å². The van der Waals surface area contributed by atoms with Gasteiger partial charge in [0.1, 0.15) is 6.61 Å². The number of carbonyl (C=O) groups is 2. The zero-order valence-corrected chi connectivity index (χ0v) is 13.5. The number of nitrogens with zero attached hydrogens (tertiary/aromatic N) is 2. The molecule has 0 spiro atoms. The summed E-state index contributed by atoms with van der Waals surface area (Å²) in [5.74, 6) is -0.460. The van der Waals surface area contributed by atoms with E-state index >= 15 is 0 Å². The summed E-state index contributed by atoms with van der Waals surface area (Å²) in [6.45, 7) is 0.789. The fraction of sp³-hybridized carbons (Fsp3) is 0.471. The van der Waals surface area contributed by atoms with Gasteiger partial charge in [-0.2, -0.15) is 0 Å². The lowest BCUT2D eigenvalue weighted by atomic mass is 10.0. The van der Waals surface area contributed by atoms with Gasteiger partial charge in [0, 0.05) is 6.54 Å². The monoisotopic (exact) mass is 332 g/mol. The van der Waals surface area contributed by atoms with E-state index in [1.165, 1.54) is 13.5 Å². The fourth-order valence-corrected chi connectivity index (χ4v) is 3.11. The predicted octanol–water partition coefficient (Wildman–Crippen LogP) is 1.76. The van der Waals surface area contributed by atoms with Crippen LogP contribution in [0.25, 0.3) is 0 Å². The van der Waals surface area contributed by atoms with Crippen LogP contribution in [0.15, 0.2) is 35.3 Å². The van der Waals surface area contributed by atoms with Crippen LogP contribution >= 0.6 is 0 Å². The van der Waals surface area contributed by atoms with Gasteiger partial charge in [-0.15, -0.1) is 0 Å². The number of likely N-dealkylation sites (tertiary alicyclic amines) is 1. The van der Waals surface area contributed by atoms with E-state index < -0.39 is 24.2 Å². The molecular weight excluding hydrogens is 312 g/mol. The first-order valence-corrected chi connectivity index (χ1v) is 7.93. The van der Waals surface area contributed by atoms with Gasteiger partial charge < -0.3 is 19.1 Å². The molecule has 0 N–H and O–H groups in total. The third kappa shape index (κ3) is 3.34. The Morgan fingerprint density at radius 2 is 2.12 bits per heavy atom. The van der Waals surface area contributed by atoms with Gasteiger partial charge in [0.05, 0.1) is 13.2 Å². The highest BCUT2D eigenvalue weighted by atomic mass is 16.6. The van der Waals surface area contributed by atoms with E-state index in [2.05, 4.69) is 4.99 Å². The third-order valence-electron chi connectivity index (χ3n) is 4.31. The van der Waals surface area contributed by atoms with Crippen molar-refractivity contribution in [2.24, 2.45) is 4.99 Å². The van der Waals surface area contributed by atoms with E-state index in [1.54, 1.807) is 4.90 Å². The third-order valence-corrected chi connectivity index (χ3v) is 4.31. The highest BCUT2D eigenvalue weighted by molar-refractivity contribution is 5.80. The Morgan fingerprint density at radius 1 is 1.33 bits per heavy atom. The number of esters is 1. The molecule has 2 aliphatic heterocycles. The quantitative estimate of drug-likeness (QED) is 0.785. The van der Waals surface area contributed by atoms with Crippen LogP contribution < -0.4 is 0 Å². The number of ether oxygens (including phenoxy) is 3. The molecule has 2 heterocycles. The van der Waals surface area contributed by atoms with Crippen molar-refractivity contribution in [3.63, 3.8) is 0 Å². The van der Waals surface area contributed by atoms with Crippen molar-refractivity contribution in [3.05, 3.63) is 35.9 Å². The Hall–Kier alpha value is -2.57. The molecule has 7 heteroatoms. The number of benzene rings is 1. The second-order valence-electron chi connectivity index (χ2n) is 5.77. The molecule has 0 aromatic heterocycles. The molecule has 7 nitrogen and oxygen atoms in total. The number of rotatable bonds is 4. The second kappa shape index (κ2) is 7.33. The second-order valence-corrected chi connectivity index (χ2v) is 5.77. The van der Waals surface area contributed by atoms with Crippen LogP contribution in [-0.2, 0) is 25.6 Å². The Kier molecular flexibility index (Phi) is 4.98. The summed E-state index contributed by atoms with van der Waals surface area (Å²) < 4.78 is 15.6. The number of hydrogen-bond acceptors (Lipinski definition) is 6. The molecule has 128 valence electrons. The van der Waals surface area contributed by atoms with Crippen LogP contribution in [0.4, 0.5) is 4.79 Å². The number of methoxy groups -OCH3 is 1. The predicted molar refractivity (Wildman–Crippen MR) is 85.5 cm³/mol. The van der Waals surface area contributed by atoms with Crippen molar-refractivity contribution in [2.45, 2.75) is 37.6 Å². The maximum atomic E-state index is 12.4. The molecule has 1 aromatic carbocycles. The summed E-state index contributed by atoms with van der Waals surface area (Å²) in [5, 5.41) is 0. The Bertz CT molecular complexity index is 619. The molecule has 0 aliphatic carbocycles. The highest BCUT2D eigenvalue weighted by Crippen LogP contribution is 2.28. The first-order chi connectivity index (χ1) is 11.7. The zero-order valence-electron chi connectivity index (χ0n) is 13.5. The lowest BCUT2D eigenvalue weighted by Crippen LogP contribution is -2.49. The molecule has 24 heavy (non-hydrogen) atoms. The molecule has 1 amide bonds. The average Bonchev–Trinajstić information content (AvgIpc) is 3.28. The number of aliphatic imine (C=N–C) groups is 1. The minimum atomic E-state index is -0.734. The SMILES string of the molecule is COC(=O)C1N=COC1[C@H]1CCCN1C(=O)OCc1ccccc1. The minimum absolute atomic E-state index is 0.214. The standard InChI is InChI=1S/C17H20N2O5/c1-22-16(20)14-15(24-11-18-14)13-8-5-9-19(13)17(21)23-10-12-6-3-2-4-7-12/h2-4,6-7,11,13-15H,5,8-10H2,1H3/t13-,14?,15?/m1/s1. The highest BCUT2D eigenvalue weighted by Gasteiger charge is 2.45. The van der Waals surface area contributed by atoms with Crippen LogP contribution in [0.5, 0.6) is 0 Å². The molecule has 1 saturated heterocycles. The fourth-order valence-electron chi connectivity index (χ4n) is 3.11. The van der Waals surface area contributed by atoms with Gasteiger partial charge in [-0.3, -0.25) is 0 Å². The van der Waals surface area contributed by atoms with Gasteiger partial charge in [0.15, 0.2) is 18.5 Å². The van der Waals surface area contributed by atoms with Crippen LogP contribution in [0.2, 0.25) is 0 Å². The van der Waals surface area contributed by atoms with Gasteiger partial charge in [0.2, 0.25) is 0 Å². The van der Waals surface area contributed by atoms with Gasteiger partial charge >= 0.3 is 12.1 Å². The topological polar surface area (TPSA) is 77.4 Å². The van der Waals surface area contributed by atoms with E-state index in [1.807, 2.05) is 30.3 Å². The summed E-state index contributed by atoms with van der Waals surface area (Å²) in [6, 6.07) is 8.51. The molecule has 0 saturated carbocycles. The van der Waals surface area contributed by atoms with Gasteiger partial charge in [-0.25, -0.2) is 14.6 Å². The van der Waals surface area contributed by atoms with Crippen molar-refractivity contribution < 1.29 is 23.8 Å². The summed E-state index contributed by atoms with van der Waals surface area (Å²) in [7, 11) is 1.31. The van der Waals surface area contributed by atoms with Crippen molar-refractivity contribution >= 4 is 18.5 Å². The van der Waals surface area contributed by atoms with Crippen molar-refractivity contribution in [1.82, 2.24) is 4.90 Å². The normalized spacial score (nSPS) is 25.4. The molecule has 3 atom stereocenters. The van der Waals surface area contributed by atoms with Gasteiger partial charge in [-0.05, 0) is 18.4 Å². The van der Waals surface area contributed by atoms with E-state index in [0.29, 0.717) is 6.54 Å². The smallest absolute Gasteiger partial charge is 0.410 e. The lowest BCUT2D eigenvalue weighted by Gasteiger charge is -2.29. The van der Waals surface area contributed by atoms with Crippen molar-refractivity contribution in [1.29, 1.82) is 0 Å². The molecule has 3 rings (SSSR count). The van der Waals surface area contributed by atoms with Gasteiger partial charge in [0.25, 0.3) is 0 Å². The average molecular weight is 332 g/mol. The largest absolute Gasteiger partial charge is 0.475 e. The van der Waals surface area contributed by atoms with Crippen LogP contribution in [0.1, 0.15) is 18.4 Å². The molecule has 1 fully saturated rings. The maximum Gasteiger partial charge on any atom is 0.410 e. The summed E-state index contributed by atoms with van der Waals surface area (Å²) in [5.41, 5.74) is 0.925. The summed E-state index contributed by atoms with van der Waals surface area (Å²) in [6.07, 6.45) is 1.91. The summed E-state index contributed by atoms with van der Waals surface area (Å²) >= 11 is 0. The van der Waals surface area contributed by atoms with E-state index in [9.17, 15) is 9.59 Å². The molecule has 1 aromatic rings. The summed E-state index contributed by atoms with van der Waals surface area (Å²) in [4.78, 5) is 29.9. The van der Waals surface area contributed by atoms with Crippen LogP contribution in [0, 0.1) is 0 Å². The maximum absolute atomic E-state index is 12.4. The Balaban J connectivity index is 1.62. The molecule has 2 aliphatic rings. The zero-order chi connectivity index (χ0) is 16.9. The van der Waals surface area contributed by atoms with Crippen LogP contribution in [0.3, 0.4) is 0 Å². The lowest BCUT2D eigenvalue weighted by molar-refractivity contribution is -0.144. The molecule has 0 radical (unpaired) electrons. The van der Waals surface area contributed by atoms with E-state index in [-0.39, 0.29) is 12.6 Å². The number of hydrogen-bond donors (Lipinski definition) is 0. The molecular formula is C17H20N2O5. The minimum Gasteiger partial charge on any atom is -0.475 e. The molecule has 2 unspecified atom stereocenters. The number of carbonyl (C=O) groups excluding carboxylic acids is 2. The first-order valence-electron chi connectivity index (χ1n) is 7.93. The molecule has 0 bridgehead atoms. The van der Waals surface area contributed by atoms with Crippen molar-refractivity contribution in [3.8, 4) is 0 Å². The van der Waals surface area contributed by atoms with E-state index in [4.69, 9.17) is 14.2 Å². The van der Waals surface area contributed by atoms with E-state index in [0.717, 1.165) is 18.4 Å².